The van der Waals surface area contributed by atoms with E-state index >= 15 is 0 Å². The van der Waals surface area contributed by atoms with Gasteiger partial charge in [-0.15, -0.1) is 12.8 Å². The molecule has 0 saturated heterocycles. The molecule has 3 heteroatoms. The van der Waals surface area contributed by atoms with E-state index in [-0.39, 0.29) is 22.5 Å². The van der Waals surface area contributed by atoms with E-state index in [1.54, 1.807) is 0 Å². The molecule has 2 aliphatic rings. The molecule has 2 aliphatic carbocycles. The van der Waals surface area contributed by atoms with Crippen LogP contribution in [0.25, 0.3) is 0 Å². The van der Waals surface area contributed by atoms with Crippen LogP contribution < -0.4 is 0 Å². The Morgan fingerprint density at radius 1 is 1.07 bits per heavy atom. The third-order valence-electron chi connectivity index (χ3n) is 1.17. The van der Waals surface area contributed by atoms with Crippen LogP contribution in [0.2, 0.25) is 0 Å². The Morgan fingerprint density at radius 3 is 1.50 bits per heavy atom. The zero-order chi connectivity index (χ0) is 9.78. The van der Waals surface area contributed by atoms with Gasteiger partial charge in [0.25, 0.3) is 0 Å². The fraction of sp³-hybridized carbons (Fsp3) is 0.182. The molecule has 14 heavy (non-hydrogen) atoms. The van der Waals surface area contributed by atoms with E-state index in [0.717, 1.165) is 12.8 Å². The number of carbonyl (C=O) groups is 1. The number of allylic oxidation sites excluding steroid dienone is 8. The van der Waals surface area contributed by atoms with Crippen LogP contribution in [0.1, 0.15) is 12.8 Å². The Bertz CT molecular complexity index is 187. The largest absolute Gasteiger partial charge is 2.00 e. The molecule has 1 radical (unpaired) electrons. The molecule has 0 aromatic heterocycles. The first-order valence-corrected chi connectivity index (χ1v) is 4.32. The fourth-order valence-corrected chi connectivity index (χ4v) is 0.680. The maximum absolute atomic E-state index is 8.57. The van der Waals surface area contributed by atoms with Crippen LogP contribution in [0, 0.1) is 12.2 Å². The Hall–Kier alpha value is -0.574. The Balaban J connectivity index is 0. The second-order valence-corrected chi connectivity index (χ2v) is 2.27. The molecule has 0 saturated carbocycles. The molecule has 77 valence electrons. The molecule has 0 heterocycles. The summed E-state index contributed by atoms with van der Waals surface area (Å²) in [7, 11) is 0. The average Bonchev–Trinajstić information content (AvgIpc) is 2.85. The first-order chi connectivity index (χ1) is 6.41. The van der Waals surface area contributed by atoms with Crippen molar-refractivity contribution >= 4 is 17.3 Å². The molecular formula is C11H11ClCoO. The van der Waals surface area contributed by atoms with E-state index in [0.29, 0.717) is 0 Å². The molecule has 0 atom stereocenters. The smallest absolute Gasteiger partial charge is 0.285 e. The molecule has 0 fully saturated rings. The van der Waals surface area contributed by atoms with E-state index < -0.39 is 0 Å². The SMILES string of the molecule is O=CCl.[C-]1=CC=CC1.[C-]1=CC=CC1.[Co+2]. The van der Waals surface area contributed by atoms with Gasteiger partial charge < -0.3 is 0 Å². The first-order valence-electron chi connectivity index (χ1n) is 3.89. The van der Waals surface area contributed by atoms with E-state index in [9.17, 15) is 0 Å². The number of rotatable bonds is 0. The molecule has 2 rings (SSSR count). The van der Waals surface area contributed by atoms with Gasteiger partial charge in [-0.05, 0) is 11.6 Å². The molecule has 0 amide bonds. The van der Waals surface area contributed by atoms with Gasteiger partial charge in [-0.1, -0.05) is 0 Å². The van der Waals surface area contributed by atoms with Crippen LogP contribution in [0.5, 0.6) is 0 Å². The summed E-state index contributed by atoms with van der Waals surface area (Å²) in [5, 5.41) is 0. The summed E-state index contributed by atoms with van der Waals surface area (Å²) in [6.07, 6.45) is 20.0. The summed E-state index contributed by atoms with van der Waals surface area (Å²) in [5.41, 5.74) is 0. The minimum Gasteiger partial charge on any atom is -0.285 e. The minimum absolute atomic E-state index is 0. The first kappa shape index (κ1) is 15.9. The summed E-state index contributed by atoms with van der Waals surface area (Å²) in [5.74, 6) is 0.222. The Morgan fingerprint density at radius 2 is 1.43 bits per heavy atom. The topological polar surface area (TPSA) is 17.1 Å². The second kappa shape index (κ2) is 14.9. The molecule has 0 spiro atoms. The van der Waals surface area contributed by atoms with E-state index in [1.165, 1.54) is 0 Å². The number of halogens is 1. The maximum atomic E-state index is 8.57. The van der Waals surface area contributed by atoms with Crippen LogP contribution in [0.3, 0.4) is 0 Å². The maximum Gasteiger partial charge on any atom is 2.00 e. The molecule has 0 aromatic rings. The van der Waals surface area contributed by atoms with Gasteiger partial charge in [0.1, 0.15) is 0 Å². The van der Waals surface area contributed by atoms with Gasteiger partial charge in [-0.2, -0.15) is 12.2 Å². The monoisotopic (exact) mass is 253 g/mol. The normalized spacial score (nSPS) is 13.5. The third-order valence-corrected chi connectivity index (χ3v) is 1.17. The zero-order valence-electron chi connectivity index (χ0n) is 7.58. The average molecular weight is 254 g/mol. The summed E-state index contributed by atoms with van der Waals surface area (Å²) < 4.78 is 0. The van der Waals surface area contributed by atoms with Gasteiger partial charge in [0, 0.05) is 0 Å². The third kappa shape index (κ3) is 14.0. The van der Waals surface area contributed by atoms with Gasteiger partial charge in [0.05, 0.1) is 0 Å². The summed E-state index contributed by atoms with van der Waals surface area (Å²) >= 11 is 4.32. The van der Waals surface area contributed by atoms with Crippen molar-refractivity contribution in [2.24, 2.45) is 0 Å². The predicted octanol–water partition coefficient (Wildman–Crippen LogP) is 3.02. The van der Waals surface area contributed by atoms with E-state index in [2.05, 4.69) is 35.9 Å². The van der Waals surface area contributed by atoms with Gasteiger partial charge in [0.15, 0.2) is 0 Å². The van der Waals surface area contributed by atoms with Gasteiger partial charge >= 0.3 is 16.8 Å². The molecule has 1 nitrogen and oxygen atoms in total. The predicted molar refractivity (Wildman–Crippen MR) is 55.7 cm³/mol. The molecule has 0 N–H and O–H groups in total. The fourth-order valence-electron chi connectivity index (χ4n) is 0.680. The molecule has 0 unspecified atom stereocenters. The summed E-state index contributed by atoms with van der Waals surface area (Å²) in [4.78, 5) is 8.57. The van der Waals surface area contributed by atoms with Gasteiger partial charge in [-0.3, -0.25) is 16.9 Å². The molecular weight excluding hydrogens is 243 g/mol. The second-order valence-electron chi connectivity index (χ2n) is 2.10. The van der Waals surface area contributed by atoms with E-state index in [4.69, 9.17) is 4.79 Å². The Labute approximate surface area is 100 Å². The van der Waals surface area contributed by atoms with Crippen LogP contribution >= 0.6 is 11.6 Å². The molecule has 0 bridgehead atoms. The molecule has 0 aromatic carbocycles. The van der Waals surface area contributed by atoms with Crippen LogP contribution in [0.4, 0.5) is 0 Å². The number of carbonyl (C=O) groups excluding carboxylic acids is 1. The van der Waals surface area contributed by atoms with Crippen molar-refractivity contribution in [1.82, 2.24) is 0 Å². The van der Waals surface area contributed by atoms with Crippen molar-refractivity contribution in [2.75, 3.05) is 0 Å². The number of hydrogen-bond donors (Lipinski definition) is 0. The van der Waals surface area contributed by atoms with Crippen LogP contribution in [0.15, 0.2) is 36.5 Å². The van der Waals surface area contributed by atoms with Crippen LogP contribution in [-0.4, -0.2) is 5.75 Å². The molecule has 0 aliphatic heterocycles. The summed E-state index contributed by atoms with van der Waals surface area (Å²) in [6.45, 7) is 0. The zero-order valence-corrected chi connectivity index (χ0v) is 9.37. The van der Waals surface area contributed by atoms with Crippen molar-refractivity contribution in [1.29, 1.82) is 0 Å². The van der Waals surface area contributed by atoms with Crippen molar-refractivity contribution in [3.05, 3.63) is 48.6 Å². The standard InChI is InChI=1S/2C5H5.CHClO.Co/c2*1-2-4-5-3-1;2-1-3;/h2*1-3H,4H2;1H;/q2*-1;;+2. The van der Waals surface area contributed by atoms with Crippen molar-refractivity contribution in [2.45, 2.75) is 12.8 Å². The summed E-state index contributed by atoms with van der Waals surface area (Å²) in [6, 6.07) is 0. The number of hydrogen-bond acceptors (Lipinski definition) is 1. The van der Waals surface area contributed by atoms with Crippen molar-refractivity contribution < 1.29 is 21.6 Å². The van der Waals surface area contributed by atoms with Gasteiger partial charge in [0.2, 0.25) is 5.75 Å². The van der Waals surface area contributed by atoms with Gasteiger partial charge in [-0.25, -0.2) is 24.3 Å². The van der Waals surface area contributed by atoms with Crippen molar-refractivity contribution in [3.63, 3.8) is 0 Å². The minimum atomic E-state index is 0. The Kier molecular flexibility index (Phi) is 16.9. The quantitative estimate of drug-likeness (QED) is 0.368. The van der Waals surface area contributed by atoms with E-state index in [1.807, 2.05) is 24.3 Å². The van der Waals surface area contributed by atoms with Crippen LogP contribution in [-0.2, 0) is 21.6 Å². The van der Waals surface area contributed by atoms with Crippen molar-refractivity contribution in [3.8, 4) is 0 Å².